The second kappa shape index (κ2) is 8.64. The number of ether oxygens (including phenoxy) is 3. The van der Waals surface area contributed by atoms with E-state index in [2.05, 4.69) is 11.8 Å². The molecule has 0 radical (unpaired) electrons. The Kier molecular flexibility index (Phi) is 6.90. The Morgan fingerprint density at radius 1 is 1.24 bits per heavy atom. The second-order valence-electron chi connectivity index (χ2n) is 3.67. The molecule has 0 unspecified atom stereocenters. The molecule has 0 fully saturated rings. The summed E-state index contributed by atoms with van der Waals surface area (Å²) in [5, 5.41) is 0. The highest BCUT2D eigenvalue weighted by Crippen LogP contribution is 2.18. The van der Waals surface area contributed by atoms with Gasteiger partial charge in [0.25, 0.3) is 0 Å². The smallest absolute Gasteiger partial charge is 0.302 e. The molecule has 0 aliphatic carbocycles. The summed E-state index contributed by atoms with van der Waals surface area (Å²) in [5.74, 6) is 4.25. The third kappa shape index (κ3) is 8.33. The SMILES string of the molecule is [2H]CC(COCC#C)(COCC#C)COC(C)=O. The van der Waals surface area contributed by atoms with Crippen molar-refractivity contribution in [1.29, 1.82) is 0 Å². The standard InChI is InChI=1S/C13H18O4/c1-5-7-15-9-13(4,10-16-8-6-2)11-17-12(3)14/h1-2H,7-11H2,3-4H3/i4D. The zero-order chi connectivity index (χ0) is 13.9. The molecule has 0 aromatic heterocycles. The Morgan fingerprint density at radius 3 is 2.12 bits per heavy atom. The fourth-order valence-electron chi connectivity index (χ4n) is 1.03. The summed E-state index contributed by atoms with van der Waals surface area (Å²) in [4.78, 5) is 10.8. The van der Waals surface area contributed by atoms with Gasteiger partial charge >= 0.3 is 5.97 Å². The third-order valence-electron chi connectivity index (χ3n) is 1.77. The molecule has 0 rings (SSSR count). The van der Waals surface area contributed by atoms with E-state index in [-0.39, 0.29) is 39.9 Å². The Morgan fingerprint density at radius 2 is 1.76 bits per heavy atom. The molecule has 0 aromatic rings. The van der Waals surface area contributed by atoms with E-state index >= 15 is 0 Å². The van der Waals surface area contributed by atoms with Crippen LogP contribution in [0.25, 0.3) is 0 Å². The molecule has 0 bridgehead atoms. The van der Waals surface area contributed by atoms with Crippen LogP contribution in [0.1, 0.15) is 15.2 Å². The van der Waals surface area contributed by atoms with Crippen LogP contribution < -0.4 is 0 Å². The molecular formula is C13H18O4. The summed E-state index contributed by atoms with van der Waals surface area (Å²) < 4.78 is 23.0. The van der Waals surface area contributed by atoms with Crippen molar-refractivity contribution in [2.75, 3.05) is 33.0 Å². The number of carbonyl (C=O) groups excluding carboxylic acids is 1. The lowest BCUT2D eigenvalue weighted by Gasteiger charge is -2.27. The van der Waals surface area contributed by atoms with Gasteiger partial charge in [0.15, 0.2) is 0 Å². The van der Waals surface area contributed by atoms with Crippen molar-refractivity contribution in [2.24, 2.45) is 5.41 Å². The largest absolute Gasteiger partial charge is 0.465 e. The fraction of sp³-hybridized carbons (Fsp3) is 0.615. The summed E-state index contributed by atoms with van der Waals surface area (Å²) in [5.41, 5.74) is -0.737. The summed E-state index contributed by atoms with van der Waals surface area (Å²) >= 11 is 0. The van der Waals surface area contributed by atoms with E-state index in [1.165, 1.54) is 6.92 Å². The van der Waals surface area contributed by atoms with E-state index in [4.69, 9.17) is 28.4 Å². The normalized spacial score (nSPS) is 11.1. The lowest BCUT2D eigenvalue weighted by molar-refractivity contribution is -0.147. The Hall–Kier alpha value is -1.49. The minimum atomic E-state index is -0.737. The number of hydrogen-bond acceptors (Lipinski definition) is 4. The van der Waals surface area contributed by atoms with E-state index in [1.807, 2.05) is 0 Å². The van der Waals surface area contributed by atoms with Crippen molar-refractivity contribution >= 4 is 5.97 Å². The molecule has 94 valence electrons. The number of terminal acetylenes is 2. The van der Waals surface area contributed by atoms with Crippen LogP contribution in [0, 0.1) is 30.1 Å². The molecule has 0 saturated heterocycles. The monoisotopic (exact) mass is 239 g/mol. The van der Waals surface area contributed by atoms with Gasteiger partial charge in [-0.25, -0.2) is 0 Å². The minimum Gasteiger partial charge on any atom is -0.465 e. The van der Waals surface area contributed by atoms with Crippen LogP contribution >= 0.6 is 0 Å². The van der Waals surface area contributed by atoms with Crippen molar-refractivity contribution in [1.82, 2.24) is 0 Å². The number of esters is 1. The summed E-state index contributed by atoms with van der Waals surface area (Å²) in [7, 11) is 0. The maximum absolute atomic E-state index is 10.8. The average molecular weight is 239 g/mol. The summed E-state index contributed by atoms with van der Waals surface area (Å²) in [6.45, 7) is 1.96. The number of rotatable bonds is 8. The topological polar surface area (TPSA) is 44.8 Å². The molecule has 0 aromatic carbocycles. The fourth-order valence-corrected chi connectivity index (χ4v) is 1.03. The zero-order valence-corrected chi connectivity index (χ0v) is 10.0. The molecule has 0 spiro atoms. The first-order valence-electron chi connectivity index (χ1n) is 5.76. The molecule has 17 heavy (non-hydrogen) atoms. The first-order valence-corrected chi connectivity index (χ1v) is 5.05. The third-order valence-corrected chi connectivity index (χ3v) is 1.77. The second-order valence-corrected chi connectivity index (χ2v) is 3.67. The van der Waals surface area contributed by atoms with Gasteiger partial charge in [0.05, 0.1) is 13.2 Å². The van der Waals surface area contributed by atoms with Crippen LogP contribution in [0.2, 0.25) is 0 Å². The maximum Gasteiger partial charge on any atom is 0.302 e. The van der Waals surface area contributed by atoms with Crippen molar-refractivity contribution in [3.63, 3.8) is 0 Å². The van der Waals surface area contributed by atoms with E-state index in [1.54, 1.807) is 0 Å². The summed E-state index contributed by atoms with van der Waals surface area (Å²) in [6.07, 6.45) is 10.2. The minimum absolute atomic E-state index is 0.0184. The van der Waals surface area contributed by atoms with Crippen molar-refractivity contribution in [3.05, 3.63) is 0 Å². The lowest BCUT2D eigenvalue weighted by atomic mass is 9.94. The highest BCUT2D eigenvalue weighted by atomic mass is 16.5. The number of hydrogen-bond donors (Lipinski definition) is 0. The molecule has 0 saturated carbocycles. The van der Waals surface area contributed by atoms with Gasteiger partial charge in [0.1, 0.15) is 19.8 Å². The van der Waals surface area contributed by atoms with Gasteiger partial charge in [-0.05, 0) is 0 Å². The average Bonchev–Trinajstić information content (AvgIpc) is 2.36. The number of carbonyl (C=O) groups is 1. The van der Waals surface area contributed by atoms with E-state index < -0.39 is 11.4 Å². The van der Waals surface area contributed by atoms with Crippen LogP contribution in [0.15, 0.2) is 0 Å². The maximum atomic E-state index is 10.8. The Labute approximate surface area is 104 Å². The van der Waals surface area contributed by atoms with Crippen molar-refractivity contribution in [2.45, 2.75) is 13.8 Å². The van der Waals surface area contributed by atoms with Gasteiger partial charge in [0, 0.05) is 13.7 Å². The molecule has 4 heteroatoms. The molecule has 0 aliphatic heterocycles. The molecule has 0 aliphatic rings. The van der Waals surface area contributed by atoms with Crippen molar-refractivity contribution in [3.8, 4) is 24.7 Å². The highest BCUT2D eigenvalue weighted by molar-refractivity contribution is 5.65. The Balaban J connectivity index is 4.45. The van der Waals surface area contributed by atoms with Crippen LogP contribution in [0.5, 0.6) is 0 Å². The summed E-state index contributed by atoms with van der Waals surface area (Å²) in [6, 6.07) is 0. The van der Waals surface area contributed by atoms with E-state index in [0.29, 0.717) is 0 Å². The molecule has 0 N–H and O–H groups in total. The van der Waals surface area contributed by atoms with E-state index in [9.17, 15) is 4.79 Å². The molecule has 0 amide bonds. The van der Waals surface area contributed by atoms with Gasteiger partial charge in [-0.1, -0.05) is 18.7 Å². The van der Waals surface area contributed by atoms with Gasteiger partial charge in [0.2, 0.25) is 0 Å². The van der Waals surface area contributed by atoms with Gasteiger partial charge in [-0.15, -0.1) is 12.8 Å². The molecule has 0 heterocycles. The van der Waals surface area contributed by atoms with Gasteiger partial charge < -0.3 is 14.2 Å². The lowest BCUT2D eigenvalue weighted by Crippen LogP contribution is -2.35. The van der Waals surface area contributed by atoms with E-state index in [0.717, 1.165) is 0 Å². The highest BCUT2D eigenvalue weighted by Gasteiger charge is 2.27. The predicted octanol–water partition coefficient (Wildman–Crippen LogP) is 0.855. The van der Waals surface area contributed by atoms with Crippen molar-refractivity contribution < 1.29 is 20.4 Å². The first kappa shape index (κ1) is 13.6. The quantitative estimate of drug-likeness (QED) is 0.358. The van der Waals surface area contributed by atoms with Gasteiger partial charge in [-0.3, -0.25) is 4.79 Å². The zero-order valence-electron chi connectivity index (χ0n) is 11.0. The first-order chi connectivity index (χ1) is 8.60. The van der Waals surface area contributed by atoms with Crippen LogP contribution in [0.3, 0.4) is 0 Å². The molecular weight excluding hydrogens is 220 g/mol. The molecule has 0 atom stereocenters. The molecule has 4 nitrogen and oxygen atoms in total. The van der Waals surface area contributed by atoms with Gasteiger partial charge in [-0.2, -0.15) is 0 Å². The predicted molar refractivity (Wildman–Crippen MR) is 64.0 cm³/mol. The Bertz CT molecular complexity index is 307. The van der Waals surface area contributed by atoms with Crippen LogP contribution in [0.4, 0.5) is 0 Å². The van der Waals surface area contributed by atoms with Crippen LogP contribution in [-0.4, -0.2) is 39.0 Å². The van der Waals surface area contributed by atoms with Crippen LogP contribution in [-0.2, 0) is 19.0 Å².